The highest BCUT2D eigenvalue weighted by Gasteiger charge is 2.36. The highest BCUT2D eigenvalue weighted by atomic mass is 16.2. The Bertz CT molecular complexity index is 253. The summed E-state index contributed by atoms with van der Waals surface area (Å²) in [6, 6.07) is 0.470. The third-order valence-corrected chi connectivity index (χ3v) is 3.10. The van der Waals surface area contributed by atoms with Crippen LogP contribution < -0.4 is 5.32 Å². The first-order chi connectivity index (χ1) is 7.09. The van der Waals surface area contributed by atoms with Crippen molar-refractivity contribution in [2.24, 2.45) is 16.7 Å². The molecule has 1 aliphatic rings. The standard InChI is InChI=1S/C14H27NO/c1-13(2,3)9-11(14(4,5)6)12(16)15-10-7-8-10/h10-11H,7-9H2,1-6H3,(H,15,16). The van der Waals surface area contributed by atoms with E-state index in [-0.39, 0.29) is 22.7 Å². The van der Waals surface area contributed by atoms with Crippen LogP contribution in [0, 0.1) is 16.7 Å². The number of hydrogen-bond acceptors (Lipinski definition) is 1. The molecule has 0 aliphatic heterocycles. The van der Waals surface area contributed by atoms with Crippen LogP contribution in [0.5, 0.6) is 0 Å². The summed E-state index contributed by atoms with van der Waals surface area (Å²) in [4.78, 5) is 12.2. The van der Waals surface area contributed by atoms with Crippen LogP contribution in [0.15, 0.2) is 0 Å². The zero-order chi connectivity index (χ0) is 12.6. The molecule has 0 aromatic rings. The summed E-state index contributed by atoms with van der Waals surface area (Å²) in [7, 11) is 0. The molecule has 0 aromatic heterocycles. The number of rotatable bonds is 3. The van der Waals surface area contributed by atoms with Crippen molar-refractivity contribution in [2.75, 3.05) is 0 Å². The zero-order valence-electron chi connectivity index (χ0n) is 11.7. The van der Waals surface area contributed by atoms with Gasteiger partial charge in [-0.1, -0.05) is 41.5 Å². The van der Waals surface area contributed by atoms with Gasteiger partial charge in [0.15, 0.2) is 0 Å². The Morgan fingerprint density at radius 2 is 1.69 bits per heavy atom. The number of carbonyl (C=O) groups is 1. The second-order valence-electron chi connectivity index (χ2n) is 7.47. The fraction of sp³-hybridized carbons (Fsp3) is 0.929. The fourth-order valence-electron chi connectivity index (χ4n) is 1.93. The van der Waals surface area contributed by atoms with Crippen LogP contribution in [0.1, 0.15) is 60.8 Å². The first kappa shape index (κ1) is 13.5. The van der Waals surface area contributed by atoms with Gasteiger partial charge >= 0.3 is 0 Å². The van der Waals surface area contributed by atoms with Gasteiger partial charge in [-0.05, 0) is 30.1 Å². The Morgan fingerprint density at radius 1 is 1.19 bits per heavy atom. The van der Waals surface area contributed by atoms with Gasteiger partial charge in [-0.2, -0.15) is 0 Å². The highest BCUT2D eigenvalue weighted by molar-refractivity contribution is 5.80. The Hall–Kier alpha value is -0.530. The van der Waals surface area contributed by atoms with Gasteiger partial charge in [0.25, 0.3) is 0 Å². The molecule has 0 heterocycles. The van der Waals surface area contributed by atoms with E-state index in [0.29, 0.717) is 6.04 Å². The van der Waals surface area contributed by atoms with Crippen LogP contribution in [0.3, 0.4) is 0 Å². The summed E-state index contributed by atoms with van der Waals surface area (Å²) in [6.07, 6.45) is 3.28. The molecule has 0 bridgehead atoms. The molecule has 0 aromatic carbocycles. The Morgan fingerprint density at radius 3 is 2.00 bits per heavy atom. The van der Waals surface area contributed by atoms with Crippen molar-refractivity contribution in [3.05, 3.63) is 0 Å². The van der Waals surface area contributed by atoms with Gasteiger partial charge in [0.05, 0.1) is 0 Å². The third-order valence-electron chi connectivity index (χ3n) is 3.10. The summed E-state index contributed by atoms with van der Waals surface area (Å²) in [6.45, 7) is 13.1. The van der Waals surface area contributed by atoms with Crippen molar-refractivity contribution >= 4 is 5.91 Å². The van der Waals surface area contributed by atoms with Crippen molar-refractivity contribution in [1.29, 1.82) is 0 Å². The maximum atomic E-state index is 12.2. The highest BCUT2D eigenvalue weighted by Crippen LogP contribution is 2.36. The lowest BCUT2D eigenvalue weighted by atomic mass is 9.71. The summed E-state index contributed by atoms with van der Waals surface area (Å²) < 4.78 is 0. The molecule has 0 radical (unpaired) electrons. The normalized spacial score (nSPS) is 19.4. The maximum Gasteiger partial charge on any atom is 0.223 e. The lowest BCUT2D eigenvalue weighted by molar-refractivity contribution is -0.129. The number of amides is 1. The number of nitrogens with one attached hydrogen (secondary N) is 1. The van der Waals surface area contributed by atoms with Gasteiger partial charge in [0, 0.05) is 12.0 Å². The molecule has 0 spiro atoms. The number of hydrogen-bond donors (Lipinski definition) is 1. The van der Waals surface area contributed by atoms with E-state index in [2.05, 4.69) is 46.9 Å². The van der Waals surface area contributed by atoms with Crippen LogP contribution in [-0.4, -0.2) is 11.9 Å². The molecule has 2 nitrogen and oxygen atoms in total. The lowest BCUT2D eigenvalue weighted by Gasteiger charge is -2.34. The SMILES string of the molecule is CC(C)(C)CC(C(=O)NC1CC1)C(C)(C)C. The molecular formula is C14H27NO. The molecule has 1 N–H and O–H groups in total. The van der Waals surface area contributed by atoms with Crippen LogP contribution in [0.4, 0.5) is 0 Å². The predicted molar refractivity (Wildman–Crippen MR) is 68.2 cm³/mol. The summed E-state index contributed by atoms with van der Waals surface area (Å²) >= 11 is 0. The van der Waals surface area contributed by atoms with E-state index in [0.717, 1.165) is 19.3 Å². The lowest BCUT2D eigenvalue weighted by Crippen LogP contribution is -2.40. The molecule has 1 amide bonds. The van der Waals surface area contributed by atoms with Gasteiger partial charge in [0.1, 0.15) is 0 Å². The molecule has 2 heteroatoms. The van der Waals surface area contributed by atoms with E-state index < -0.39 is 0 Å². The van der Waals surface area contributed by atoms with Gasteiger partial charge < -0.3 is 5.32 Å². The zero-order valence-corrected chi connectivity index (χ0v) is 11.7. The van der Waals surface area contributed by atoms with Gasteiger partial charge in [0.2, 0.25) is 5.91 Å². The van der Waals surface area contributed by atoms with E-state index in [1.54, 1.807) is 0 Å². The van der Waals surface area contributed by atoms with E-state index in [1.807, 2.05) is 0 Å². The van der Waals surface area contributed by atoms with Crippen molar-refractivity contribution in [3.8, 4) is 0 Å². The molecule has 1 unspecified atom stereocenters. The number of carbonyl (C=O) groups excluding carboxylic acids is 1. The van der Waals surface area contributed by atoms with Crippen LogP contribution in [-0.2, 0) is 4.79 Å². The maximum absolute atomic E-state index is 12.2. The summed E-state index contributed by atoms with van der Waals surface area (Å²) in [5.41, 5.74) is 0.255. The molecule has 1 aliphatic carbocycles. The fourth-order valence-corrected chi connectivity index (χ4v) is 1.93. The average Bonchev–Trinajstić information content (AvgIpc) is 2.80. The minimum absolute atomic E-state index is 0.0479. The Labute approximate surface area is 100 Å². The van der Waals surface area contributed by atoms with E-state index in [4.69, 9.17) is 0 Å². The predicted octanol–water partition coefficient (Wildman–Crippen LogP) is 3.36. The van der Waals surface area contributed by atoms with E-state index >= 15 is 0 Å². The summed E-state index contributed by atoms with van der Waals surface area (Å²) in [5, 5.41) is 3.14. The Balaban J connectivity index is 2.66. The monoisotopic (exact) mass is 225 g/mol. The molecule has 0 saturated heterocycles. The Kier molecular flexibility index (Phi) is 3.71. The van der Waals surface area contributed by atoms with E-state index in [1.165, 1.54) is 0 Å². The molecular weight excluding hydrogens is 198 g/mol. The molecule has 1 atom stereocenters. The molecule has 1 rings (SSSR count). The van der Waals surface area contributed by atoms with Crippen LogP contribution in [0.2, 0.25) is 0 Å². The summed E-state index contributed by atoms with van der Waals surface area (Å²) in [5.74, 6) is 0.373. The molecule has 1 saturated carbocycles. The van der Waals surface area contributed by atoms with Crippen molar-refractivity contribution in [1.82, 2.24) is 5.32 Å². The van der Waals surface area contributed by atoms with Gasteiger partial charge in [-0.15, -0.1) is 0 Å². The molecule has 94 valence electrons. The minimum atomic E-state index is 0.0479. The first-order valence-corrected chi connectivity index (χ1v) is 6.40. The van der Waals surface area contributed by atoms with Crippen LogP contribution >= 0.6 is 0 Å². The second-order valence-corrected chi connectivity index (χ2v) is 7.47. The van der Waals surface area contributed by atoms with Crippen molar-refractivity contribution in [2.45, 2.75) is 66.8 Å². The first-order valence-electron chi connectivity index (χ1n) is 6.40. The van der Waals surface area contributed by atoms with Crippen molar-refractivity contribution in [3.63, 3.8) is 0 Å². The topological polar surface area (TPSA) is 29.1 Å². The quantitative estimate of drug-likeness (QED) is 0.784. The molecule has 16 heavy (non-hydrogen) atoms. The largest absolute Gasteiger partial charge is 0.353 e. The van der Waals surface area contributed by atoms with Gasteiger partial charge in [-0.25, -0.2) is 0 Å². The van der Waals surface area contributed by atoms with E-state index in [9.17, 15) is 4.79 Å². The minimum Gasteiger partial charge on any atom is -0.353 e. The van der Waals surface area contributed by atoms with Gasteiger partial charge in [-0.3, -0.25) is 4.79 Å². The van der Waals surface area contributed by atoms with Crippen LogP contribution in [0.25, 0.3) is 0 Å². The smallest absolute Gasteiger partial charge is 0.223 e. The second kappa shape index (κ2) is 4.38. The molecule has 1 fully saturated rings. The van der Waals surface area contributed by atoms with Crippen molar-refractivity contribution < 1.29 is 4.79 Å². The third kappa shape index (κ3) is 4.54. The average molecular weight is 225 g/mol.